The van der Waals surface area contributed by atoms with E-state index in [9.17, 15) is 18.0 Å². The van der Waals surface area contributed by atoms with Crippen LogP contribution in [0.3, 0.4) is 0 Å². The van der Waals surface area contributed by atoms with Gasteiger partial charge in [0.1, 0.15) is 0 Å². The minimum atomic E-state index is -4.52. The highest BCUT2D eigenvalue weighted by Crippen LogP contribution is 2.36. The molecule has 0 bridgehead atoms. The zero-order chi connectivity index (χ0) is 14.6. The second-order valence-corrected chi connectivity index (χ2v) is 4.68. The molecule has 0 radical (unpaired) electrons. The zero-order valence-corrected chi connectivity index (χ0v) is 11.2. The van der Waals surface area contributed by atoms with Crippen LogP contribution in [0.5, 0.6) is 0 Å². The Hall–Kier alpha value is -1.43. The molecule has 19 heavy (non-hydrogen) atoms. The van der Waals surface area contributed by atoms with E-state index in [0.717, 1.165) is 12.1 Å². The fourth-order valence-electron chi connectivity index (χ4n) is 1.41. The van der Waals surface area contributed by atoms with Crippen molar-refractivity contribution in [2.24, 2.45) is 0 Å². The van der Waals surface area contributed by atoms with Gasteiger partial charge in [-0.15, -0.1) is 0 Å². The SMILES string of the molecule is CC(C)NC(=O)CNc1ccc(Cl)c(C(F)(F)F)c1. The Morgan fingerprint density at radius 3 is 2.53 bits per heavy atom. The normalized spacial score (nSPS) is 11.5. The van der Waals surface area contributed by atoms with Crippen molar-refractivity contribution in [2.75, 3.05) is 11.9 Å². The van der Waals surface area contributed by atoms with E-state index in [-0.39, 0.29) is 29.2 Å². The number of carbonyl (C=O) groups is 1. The highest BCUT2D eigenvalue weighted by molar-refractivity contribution is 6.31. The second kappa shape index (κ2) is 6.14. The lowest BCUT2D eigenvalue weighted by Gasteiger charge is -2.13. The quantitative estimate of drug-likeness (QED) is 0.894. The van der Waals surface area contributed by atoms with E-state index in [1.807, 2.05) is 0 Å². The van der Waals surface area contributed by atoms with Crippen molar-refractivity contribution in [1.29, 1.82) is 0 Å². The number of hydrogen-bond acceptors (Lipinski definition) is 2. The first kappa shape index (κ1) is 15.6. The van der Waals surface area contributed by atoms with Gasteiger partial charge in [0.25, 0.3) is 0 Å². The maximum absolute atomic E-state index is 12.6. The zero-order valence-electron chi connectivity index (χ0n) is 10.4. The van der Waals surface area contributed by atoms with Crippen molar-refractivity contribution < 1.29 is 18.0 Å². The number of halogens is 4. The minimum absolute atomic E-state index is 0.0229. The van der Waals surface area contributed by atoms with Crippen molar-refractivity contribution in [3.8, 4) is 0 Å². The van der Waals surface area contributed by atoms with Gasteiger partial charge in [0.2, 0.25) is 5.91 Å². The van der Waals surface area contributed by atoms with Crippen LogP contribution in [0.25, 0.3) is 0 Å². The smallest absolute Gasteiger partial charge is 0.376 e. The molecule has 0 aliphatic carbocycles. The minimum Gasteiger partial charge on any atom is -0.376 e. The van der Waals surface area contributed by atoms with Gasteiger partial charge in [-0.3, -0.25) is 4.79 Å². The van der Waals surface area contributed by atoms with Gasteiger partial charge in [-0.05, 0) is 32.0 Å². The third kappa shape index (κ3) is 4.98. The fraction of sp³-hybridized carbons (Fsp3) is 0.417. The lowest BCUT2D eigenvalue weighted by Crippen LogP contribution is -2.34. The summed E-state index contributed by atoms with van der Waals surface area (Å²) in [6.07, 6.45) is -4.52. The van der Waals surface area contributed by atoms with Gasteiger partial charge in [0.05, 0.1) is 17.1 Å². The fourth-order valence-corrected chi connectivity index (χ4v) is 1.63. The van der Waals surface area contributed by atoms with Crippen LogP contribution >= 0.6 is 11.6 Å². The predicted molar refractivity (Wildman–Crippen MR) is 68.2 cm³/mol. The molecule has 0 heterocycles. The number of amides is 1. The summed E-state index contributed by atoms with van der Waals surface area (Å²) < 4.78 is 37.8. The molecule has 0 saturated heterocycles. The van der Waals surface area contributed by atoms with Gasteiger partial charge in [-0.25, -0.2) is 0 Å². The number of nitrogens with one attached hydrogen (secondary N) is 2. The van der Waals surface area contributed by atoms with Gasteiger partial charge < -0.3 is 10.6 Å². The molecule has 1 aromatic carbocycles. The lowest BCUT2D eigenvalue weighted by molar-refractivity contribution is -0.137. The first-order chi connectivity index (χ1) is 8.70. The van der Waals surface area contributed by atoms with Gasteiger partial charge in [-0.1, -0.05) is 11.6 Å². The number of hydrogen-bond donors (Lipinski definition) is 2. The summed E-state index contributed by atoms with van der Waals surface area (Å²) in [7, 11) is 0. The van der Waals surface area contributed by atoms with Crippen LogP contribution in [0, 0.1) is 0 Å². The largest absolute Gasteiger partial charge is 0.417 e. The summed E-state index contributed by atoms with van der Waals surface area (Å²) in [5.41, 5.74) is -0.737. The average Bonchev–Trinajstić information content (AvgIpc) is 2.25. The molecule has 0 saturated carbocycles. The molecule has 0 aromatic heterocycles. The molecule has 0 fully saturated rings. The van der Waals surface area contributed by atoms with Crippen molar-refractivity contribution in [1.82, 2.24) is 5.32 Å². The van der Waals surface area contributed by atoms with Crippen molar-refractivity contribution in [3.63, 3.8) is 0 Å². The van der Waals surface area contributed by atoms with Gasteiger partial charge in [0.15, 0.2) is 0 Å². The molecule has 7 heteroatoms. The van der Waals surface area contributed by atoms with Crippen molar-refractivity contribution >= 4 is 23.2 Å². The summed E-state index contributed by atoms with van der Waals surface area (Å²) in [5, 5.41) is 4.87. The Labute approximate surface area is 114 Å². The maximum Gasteiger partial charge on any atom is 0.417 e. The van der Waals surface area contributed by atoms with E-state index < -0.39 is 11.7 Å². The molecule has 0 aliphatic heterocycles. The van der Waals surface area contributed by atoms with Crippen LogP contribution in [0.15, 0.2) is 18.2 Å². The summed E-state index contributed by atoms with van der Waals surface area (Å²) in [5.74, 6) is -0.293. The molecule has 0 unspecified atom stereocenters. The first-order valence-corrected chi connectivity index (χ1v) is 5.98. The summed E-state index contributed by atoms with van der Waals surface area (Å²) in [6.45, 7) is 3.49. The predicted octanol–water partition coefficient (Wildman–Crippen LogP) is 3.30. The molecule has 106 valence electrons. The average molecular weight is 295 g/mol. The second-order valence-electron chi connectivity index (χ2n) is 4.27. The van der Waals surface area contributed by atoms with E-state index >= 15 is 0 Å². The van der Waals surface area contributed by atoms with E-state index in [4.69, 9.17) is 11.6 Å². The summed E-state index contributed by atoms with van der Waals surface area (Å²) >= 11 is 5.49. The van der Waals surface area contributed by atoms with E-state index in [1.54, 1.807) is 13.8 Å². The van der Waals surface area contributed by atoms with E-state index in [1.165, 1.54) is 6.07 Å². The Bertz CT molecular complexity index is 461. The van der Waals surface area contributed by atoms with E-state index in [2.05, 4.69) is 10.6 Å². The third-order valence-electron chi connectivity index (χ3n) is 2.17. The van der Waals surface area contributed by atoms with Crippen LogP contribution in [-0.2, 0) is 11.0 Å². The Balaban J connectivity index is 2.73. The summed E-state index contributed by atoms with van der Waals surface area (Å²) in [6, 6.07) is 3.39. The molecule has 0 spiro atoms. The molecule has 1 amide bonds. The topological polar surface area (TPSA) is 41.1 Å². The Morgan fingerprint density at radius 1 is 1.37 bits per heavy atom. The summed E-state index contributed by atoms with van der Waals surface area (Å²) in [4.78, 5) is 11.4. The standard InChI is InChI=1S/C12H14ClF3N2O/c1-7(2)18-11(19)6-17-8-3-4-10(13)9(5-8)12(14,15)16/h3-5,7,17H,6H2,1-2H3,(H,18,19). The van der Waals surface area contributed by atoms with Crippen LogP contribution in [0.4, 0.5) is 18.9 Å². The van der Waals surface area contributed by atoms with Crippen molar-refractivity contribution in [2.45, 2.75) is 26.1 Å². The molecule has 2 N–H and O–H groups in total. The highest BCUT2D eigenvalue weighted by Gasteiger charge is 2.33. The molecule has 1 rings (SSSR count). The Kier molecular flexibility index (Phi) is 5.05. The number of alkyl halides is 3. The van der Waals surface area contributed by atoms with Crippen molar-refractivity contribution in [3.05, 3.63) is 28.8 Å². The van der Waals surface area contributed by atoms with Gasteiger partial charge in [0, 0.05) is 11.7 Å². The van der Waals surface area contributed by atoms with Gasteiger partial charge in [-0.2, -0.15) is 13.2 Å². The first-order valence-electron chi connectivity index (χ1n) is 5.60. The molecule has 0 atom stereocenters. The molecule has 0 aliphatic rings. The molecule has 3 nitrogen and oxygen atoms in total. The molecular formula is C12H14ClF3N2O. The molecular weight excluding hydrogens is 281 g/mol. The molecule has 1 aromatic rings. The van der Waals surface area contributed by atoms with Gasteiger partial charge >= 0.3 is 6.18 Å². The van der Waals surface area contributed by atoms with Crippen LogP contribution in [0.2, 0.25) is 5.02 Å². The van der Waals surface area contributed by atoms with E-state index in [0.29, 0.717) is 0 Å². The monoisotopic (exact) mass is 294 g/mol. The lowest BCUT2D eigenvalue weighted by atomic mass is 10.2. The third-order valence-corrected chi connectivity index (χ3v) is 2.50. The number of benzene rings is 1. The highest BCUT2D eigenvalue weighted by atomic mass is 35.5. The maximum atomic E-state index is 12.6. The number of anilines is 1. The van der Waals surface area contributed by atoms with Crippen LogP contribution in [0.1, 0.15) is 19.4 Å². The van der Waals surface area contributed by atoms with Crippen LogP contribution < -0.4 is 10.6 Å². The Morgan fingerprint density at radius 2 is 2.00 bits per heavy atom. The number of carbonyl (C=O) groups excluding carboxylic acids is 1. The number of rotatable bonds is 4. The van der Waals surface area contributed by atoms with Crippen LogP contribution in [-0.4, -0.2) is 18.5 Å².